The highest BCUT2D eigenvalue weighted by Crippen LogP contribution is 2.35. The zero-order valence-corrected chi connectivity index (χ0v) is 11.5. The van der Waals surface area contributed by atoms with Gasteiger partial charge in [0.2, 0.25) is 0 Å². The van der Waals surface area contributed by atoms with Gasteiger partial charge in [-0.2, -0.15) is 0 Å². The summed E-state index contributed by atoms with van der Waals surface area (Å²) in [6, 6.07) is 0.765. The predicted molar refractivity (Wildman–Crippen MR) is 74.0 cm³/mol. The smallest absolute Gasteiger partial charge is 0.0306 e. The van der Waals surface area contributed by atoms with Gasteiger partial charge < -0.3 is 11.1 Å². The average molecular weight is 238 g/mol. The molecule has 2 aliphatic rings. The molecule has 17 heavy (non-hydrogen) atoms. The van der Waals surface area contributed by atoms with Crippen LogP contribution in [0.15, 0.2) is 0 Å². The Morgan fingerprint density at radius 2 is 1.76 bits per heavy atom. The van der Waals surface area contributed by atoms with Gasteiger partial charge in [-0.1, -0.05) is 32.6 Å². The topological polar surface area (TPSA) is 38.0 Å². The van der Waals surface area contributed by atoms with E-state index in [1.165, 1.54) is 64.2 Å². The van der Waals surface area contributed by atoms with Crippen molar-refractivity contribution >= 4 is 0 Å². The molecule has 0 aromatic heterocycles. The van der Waals surface area contributed by atoms with Crippen molar-refractivity contribution in [2.45, 2.75) is 82.7 Å². The lowest BCUT2D eigenvalue weighted by molar-refractivity contribution is 0.171. The summed E-state index contributed by atoms with van der Waals surface area (Å²) in [6.45, 7) is 3.14. The SMILES string of the molecule is CCCC1CCC(CN)(NC2CCCC2)CC1. The monoisotopic (exact) mass is 238 g/mol. The lowest BCUT2D eigenvalue weighted by atomic mass is 9.74. The first-order valence-electron chi connectivity index (χ1n) is 7.76. The van der Waals surface area contributed by atoms with Gasteiger partial charge in [-0.05, 0) is 44.4 Å². The third kappa shape index (κ3) is 3.45. The third-order valence-electron chi connectivity index (χ3n) is 5.02. The van der Waals surface area contributed by atoms with Gasteiger partial charge in [-0.25, -0.2) is 0 Å². The summed E-state index contributed by atoms with van der Waals surface area (Å²) in [5, 5.41) is 3.92. The number of rotatable bonds is 5. The second-order valence-corrected chi connectivity index (χ2v) is 6.34. The van der Waals surface area contributed by atoms with Crippen molar-refractivity contribution < 1.29 is 0 Å². The van der Waals surface area contributed by atoms with Crippen LogP contribution in [0.25, 0.3) is 0 Å². The second kappa shape index (κ2) is 6.19. The maximum absolute atomic E-state index is 6.07. The van der Waals surface area contributed by atoms with Gasteiger partial charge in [-0.3, -0.25) is 0 Å². The molecule has 2 fully saturated rings. The van der Waals surface area contributed by atoms with E-state index in [4.69, 9.17) is 5.73 Å². The summed E-state index contributed by atoms with van der Waals surface area (Å²) >= 11 is 0. The maximum Gasteiger partial charge on any atom is 0.0306 e. The van der Waals surface area contributed by atoms with E-state index >= 15 is 0 Å². The van der Waals surface area contributed by atoms with E-state index in [0.29, 0.717) is 5.54 Å². The lowest BCUT2D eigenvalue weighted by Crippen LogP contribution is -2.56. The van der Waals surface area contributed by atoms with E-state index in [-0.39, 0.29) is 0 Å². The van der Waals surface area contributed by atoms with Gasteiger partial charge in [-0.15, -0.1) is 0 Å². The van der Waals surface area contributed by atoms with Gasteiger partial charge in [0.25, 0.3) is 0 Å². The van der Waals surface area contributed by atoms with Gasteiger partial charge in [0.1, 0.15) is 0 Å². The predicted octanol–water partition coefficient (Wildman–Crippen LogP) is 3.21. The van der Waals surface area contributed by atoms with Gasteiger partial charge in [0, 0.05) is 18.1 Å². The summed E-state index contributed by atoms with van der Waals surface area (Å²) < 4.78 is 0. The largest absolute Gasteiger partial charge is 0.329 e. The molecule has 0 radical (unpaired) electrons. The Morgan fingerprint density at radius 3 is 2.29 bits per heavy atom. The third-order valence-corrected chi connectivity index (χ3v) is 5.02. The zero-order valence-electron chi connectivity index (χ0n) is 11.5. The second-order valence-electron chi connectivity index (χ2n) is 6.34. The molecule has 2 heteroatoms. The van der Waals surface area contributed by atoms with Crippen molar-refractivity contribution in [3.63, 3.8) is 0 Å². The normalized spacial score (nSPS) is 35.3. The molecule has 2 nitrogen and oxygen atoms in total. The van der Waals surface area contributed by atoms with Crippen LogP contribution in [0.2, 0.25) is 0 Å². The molecular formula is C15H30N2. The summed E-state index contributed by atoms with van der Waals surface area (Å²) in [4.78, 5) is 0. The Kier molecular flexibility index (Phi) is 4.87. The van der Waals surface area contributed by atoms with E-state index in [1.807, 2.05) is 0 Å². The number of nitrogens with one attached hydrogen (secondary N) is 1. The molecule has 0 bridgehead atoms. The minimum Gasteiger partial charge on any atom is -0.329 e. The van der Waals surface area contributed by atoms with E-state index in [0.717, 1.165) is 18.5 Å². The molecule has 2 aliphatic carbocycles. The highest BCUT2D eigenvalue weighted by Gasteiger charge is 2.35. The first-order chi connectivity index (χ1) is 8.28. The highest BCUT2D eigenvalue weighted by atomic mass is 15.0. The Bertz CT molecular complexity index is 213. The van der Waals surface area contributed by atoms with Crippen LogP contribution in [0.4, 0.5) is 0 Å². The molecule has 0 amide bonds. The van der Waals surface area contributed by atoms with Crippen molar-refractivity contribution in [2.75, 3.05) is 6.54 Å². The number of hydrogen-bond donors (Lipinski definition) is 2. The van der Waals surface area contributed by atoms with Crippen molar-refractivity contribution in [1.82, 2.24) is 5.32 Å². The van der Waals surface area contributed by atoms with Crippen LogP contribution in [0, 0.1) is 5.92 Å². The summed E-state index contributed by atoms with van der Waals surface area (Å²) in [7, 11) is 0. The maximum atomic E-state index is 6.07. The molecule has 2 saturated carbocycles. The number of hydrogen-bond acceptors (Lipinski definition) is 2. The minimum atomic E-state index is 0.291. The standard InChI is InChI=1S/C15H30N2/c1-2-5-13-8-10-15(12-16,11-9-13)17-14-6-3-4-7-14/h13-14,17H,2-12,16H2,1H3. The average Bonchev–Trinajstić information content (AvgIpc) is 2.85. The van der Waals surface area contributed by atoms with E-state index in [2.05, 4.69) is 12.2 Å². The molecule has 0 saturated heterocycles. The van der Waals surface area contributed by atoms with Gasteiger partial charge >= 0.3 is 0 Å². The summed E-state index contributed by atoms with van der Waals surface area (Å²) in [6.07, 6.45) is 13.7. The molecule has 0 aliphatic heterocycles. The molecule has 0 aromatic carbocycles. The van der Waals surface area contributed by atoms with E-state index < -0.39 is 0 Å². The number of nitrogens with two attached hydrogens (primary N) is 1. The summed E-state index contributed by atoms with van der Waals surface area (Å²) in [5.74, 6) is 0.977. The van der Waals surface area contributed by atoms with Crippen molar-refractivity contribution in [3.05, 3.63) is 0 Å². The van der Waals surface area contributed by atoms with Crippen LogP contribution in [0.5, 0.6) is 0 Å². The Morgan fingerprint density at radius 1 is 1.12 bits per heavy atom. The molecule has 0 heterocycles. The van der Waals surface area contributed by atoms with Crippen molar-refractivity contribution in [3.8, 4) is 0 Å². The van der Waals surface area contributed by atoms with Crippen LogP contribution in [0.1, 0.15) is 71.1 Å². The van der Waals surface area contributed by atoms with Gasteiger partial charge in [0.15, 0.2) is 0 Å². The minimum absolute atomic E-state index is 0.291. The molecule has 3 N–H and O–H groups in total. The van der Waals surface area contributed by atoms with Crippen LogP contribution in [0.3, 0.4) is 0 Å². The van der Waals surface area contributed by atoms with Crippen molar-refractivity contribution in [1.29, 1.82) is 0 Å². The molecule has 100 valence electrons. The van der Waals surface area contributed by atoms with Crippen LogP contribution in [-0.2, 0) is 0 Å². The fraction of sp³-hybridized carbons (Fsp3) is 1.00. The van der Waals surface area contributed by atoms with Gasteiger partial charge in [0.05, 0.1) is 0 Å². The molecule has 2 rings (SSSR count). The quantitative estimate of drug-likeness (QED) is 0.772. The summed E-state index contributed by atoms with van der Waals surface area (Å²) in [5.41, 5.74) is 6.36. The Balaban J connectivity index is 1.83. The first-order valence-corrected chi connectivity index (χ1v) is 7.76. The van der Waals surface area contributed by atoms with Crippen LogP contribution < -0.4 is 11.1 Å². The Hall–Kier alpha value is -0.0800. The Labute approximate surface area is 107 Å². The molecule has 0 atom stereocenters. The molecule has 0 aromatic rings. The van der Waals surface area contributed by atoms with Crippen LogP contribution in [-0.4, -0.2) is 18.1 Å². The fourth-order valence-electron chi connectivity index (χ4n) is 3.84. The lowest BCUT2D eigenvalue weighted by Gasteiger charge is -2.42. The highest BCUT2D eigenvalue weighted by molar-refractivity contribution is 4.96. The van der Waals surface area contributed by atoms with E-state index in [1.54, 1.807) is 0 Å². The molecule has 0 unspecified atom stereocenters. The van der Waals surface area contributed by atoms with E-state index in [9.17, 15) is 0 Å². The molecule has 0 spiro atoms. The molecular weight excluding hydrogens is 208 g/mol. The first kappa shape index (κ1) is 13.4. The van der Waals surface area contributed by atoms with Crippen molar-refractivity contribution in [2.24, 2.45) is 11.7 Å². The van der Waals surface area contributed by atoms with Crippen LogP contribution >= 0.6 is 0 Å². The zero-order chi connectivity index (χ0) is 12.1. The fourth-order valence-corrected chi connectivity index (χ4v) is 3.84.